The lowest BCUT2D eigenvalue weighted by molar-refractivity contribution is 0.948. The molecule has 0 saturated carbocycles. The molecular weight excluding hydrogens is 236 g/mol. The molecule has 0 fully saturated rings. The van der Waals surface area contributed by atoms with E-state index < -0.39 is 0 Å². The molecule has 0 atom stereocenters. The monoisotopic (exact) mass is 248 g/mol. The highest BCUT2D eigenvalue weighted by molar-refractivity contribution is 5.92. The van der Waals surface area contributed by atoms with E-state index in [0.717, 1.165) is 27.7 Å². The smallest absolute Gasteiger partial charge is 0.0962 e. The summed E-state index contributed by atoms with van der Waals surface area (Å²) in [6.45, 7) is 0. The van der Waals surface area contributed by atoms with Gasteiger partial charge in [0.2, 0.25) is 0 Å². The van der Waals surface area contributed by atoms with Gasteiger partial charge in [-0.25, -0.2) is 9.50 Å². The van der Waals surface area contributed by atoms with E-state index in [2.05, 4.69) is 40.4 Å². The van der Waals surface area contributed by atoms with Crippen molar-refractivity contribution in [3.05, 3.63) is 55.1 Å². The molecule has 4 heteroatoms. The Morgan fingerprint density at radius 1 is 1.11 bits per heavy atom. The van der Waals surface area contributed by atoms with Crippen LogP contribution < -0.4 is 0 Å². The highest BCUT2D eigenvalue weighted by atomic mass is 15.2. The Bertz CT molecular complexity index is 885. The number of aromatic nitrogens is 4. The Hall–Kier alpha value is -2.62. The fourth-order valence-electron chi connectivity index (χ4n) is 2.48. The standard InChI is InChI=1S/C15H12N4/c1-18-10-16-15-13(3-2-4-14(15)18)11-6-8-19-12(9-11)5-7-17-19/h2-10H,1H3. The molecule has 0 N–H and O–H groups in total. The van der Waals surface area contributed by atoms with E-state index >= 15 is 0 Å². The van der Waals surface area contributed by atoms with Crippen LogP contribution in [0.3, 0.4) is 0 Å². The van der Waals surface area contributed by atoms with Crippen molar-refractivity contribution in [1.82, 2.24) is 19.2 Å². The second-order valence-corrected chi connectivity index (χ2v) is 4.64. The third-order valence-electron chi connectivity index (χ3n) is 3.47. The molecule has 0 bridgehead atoms. The number of benzene rings is 1. The zero-order valence-electron chi connectivity index (χ0n) is 10.5. The molecule has 3 aromatic heterocycles. The van der Waals surface area contributed by atoms with Crippen LogP contribution in [0.15, 0.2) is 55.1 Å². The maximum atomic E-state index is 4.50. The molecular formula is C15H12N4. The molecule has 0 aliphatic rings. The molecule has 19 heavy (non-hydrogen) atoms. The topological polar surface area (TPSA) is 35.1 Å². The van der Waals surface area contributed by atoms with Crippen molar-refractivity contribution in [2.24, 2.45) is 7.05 Å². The minimum Gasteiger partial charge on any atom is -0.334 e. The van der Waals surface area contributed by atoms with Gasteiger partial charge >= 0.3 is 0 Å². The van der Waals surface area contributed by atoms with Crippen molar-refractivity contribution in [1.29, 1.82) is 0 Å². The first-order valence-corrected chi connectivity index (χ1v) is 6.17. The summed E-state index contributed by atoms with van der Waals surface area (Å²) in [7, 11) is 2.01. The lowest BCUT2D eigenvalue weighted by Gasteiger charge is -2.04. The zero-order chi connectivity index (χ0) is 12.8. The number of imidazole rings is 1. The average Bonchev–Trinajstić information content (AvgIpc) is 3.05. The number of pyridine rings is 1. The largest absolute Gasteiger partial charge is 0.334 e. The van der Waals surface area contributed by atoms with Gasteiger partial charge in [-0.3, -0.25) is 0 Å². The Labute approximate surface area is 109 Å². The molecule has 0 aliphatic carbocycles. The van der Waals surface area contributed by atoms with Crippen LogP contribution in [0.2, 0.25) is 0 Å². The molecule has 92 valence electrons. The molecule has 0 unspecified atom stereocenters. The van der Waals surface area contributed by atoms with Gasteiger partial charge in [0.15, 0.2) is 0 Å². The van der Waals surface area contributed by atoms with Crippen molar-refractivity contribution in [2.75, 3.05) is 0 Å². The maximum Gasteiger partial charge on any atom is 0.0962 e. The third kappa shape index (κ3) is 1.46. The minimum atomic E-state index is 1.04. The molecule has 1 aromatic carbocycles. The minimum absolute atomic E-state index is 1.04. The average molecular weight is 248 g/mol. The van der Waals surface area contributed by atoms with Crippen LogP contribution in [-0.4, -0.2) is 19.2 Å². The molecule has 4 nitrogen and oxygen atoms in total. The number of hydrogen-bond acceptors (Lipinski definition) is 2. The lowest BCUT2D eigenvalue weighted by Crippen LogP contribution is -1.88. The zero-order valence-corrected chi connectivity index (χ0v) is 10.5. The number of aryl methyl sites for hydroxylation is 1. The Balaban J connectivity index is 2.02. The van der Waals surface area contributed by atoms with Crippen LogP contribution in [0.1, 0.15) is 0 Å². The molecule has 0 saturated heterocycles. The number of rotatable bonds is 1. The SMILES string of the molecule is Cn1cnc2c(-c3ccn4nccc4c3)cccc21. The second kappa shape index (κ2) is 3.68. The lowest BCUT2D eigenvalue weighted by atomic mass is 10.0. The molecule has 0 radical (unpaired) electrons. The second-order valence-electron chi connectivity index (χ2n) is 4.64. The summed E-state index contributed by atoms with van der Waals surface area (Å²) < 4.78 is 3.90. The predicted molar refractivity (Wildman–Crippen MR) is 74.9 cm³/mol. The first-order valence-electron chi connectivity index (χ1n) is 6.17. The number of fused-ring (bicyclic) bond motifs is 2. The van der Waals surface area contributed by atoms with Crippen molar-refractivity contribution >= 4 is 16.6 Å². The van der Waals surface area contributed by atoms with Crippen molar-refractivity contribution in [3.63, 3.8) is 0 Å². The van der Waals surface area contributed by atoms with Gasteiger partial charge in [-0.15, -0.1) is 0 Å². The molecule has 0 spiro atoms. The number of para-hydroxylation sites is 1. The van der Waals surface area contributed by atoms with Gasteiger partial charge in [0.05, 0.1) is 22.9 Å². The highest BCUT2D eigenvalue weighted by Crippen LogP contribution is 2.27. The van der Waals surface area contributed by atoms with Crippen molar-refractivity contribution in [3.8, 4) is 11.1 Å². The number of nitrogens with zero attached hydrogens (tertiary/aromatic N) is 4. The van der Waals surface area contributed by atoms with Gasteiger partial charge in [-0.2, -0.15) is 5.10 Å². The molecule has 4 aromatic rings. The van der Waals surface area contributed by atoms with E-state index in [4.69, 9.17) is 0 Å². The predicted octanol–water partition coefficient (Wildman–Crippen LogP) is 2.89. The van der Waals surface area contributed by atoms with Crippen LogP contribution in [0.25, 0.3) is 27.7 Å². The van der Waals surface area contributed by atoms with Gasteiger partial charge in [-0.1, -0.05) is 12.1 Å². The Morgan fingerprint density at radius 2 is 2.05 bits per heavy atom. The van der Waals surface area contributed by atoms with Gasteiger partial charge < -0.3 is 4.57 Å². The van der Waals surface area contributed by atoms with E-state index in [0.29, 0.717) is 0 Å². The quantitative estimate of drug-likeness (QED) is 0.519. The summed E-state index contributed by atoms with van der Waals surface area (Å²) in [5.41, 5.74) is 5.59. The molecule has 4 rings (SSSR count). The normalized spacial score (nSPS) is 11.4. The first kappa shape index (κ1) is 10.3. The maximum absolute atomic E-state index is 4.50. The molecule has 0 amide bonds. The molecule has 0 aliphatic heterocycles. The number of hydrogen-bond donors (Lipinski definition) is 0. The fraction of sp³-hybridized carbons (Fsp3) is 0.0667. The van der Waals surface area contributed by atoms with Gasteiger partial charge in [-0.05, 0) is 29.8 Å². The van der Waals surface area contributed by atoms with Crippen molar-refractivity contribution in [2.45, 2.75) is 0 Å². The van der Waals surface area contributed by atoms with E-state index in [9.17, 15) is 0 Å². The molecule has 3 heterocycles. The van der Waals surface area contributed by atoms with Gasteiger partial charge in [0.1, 0.15) is 0 Å². The first-order chi connectivity index (χ1) is 9.33. The van der Waals surface area contributed by atoms with Gasteiger partial charge in [0.25, 0.3) is 0 Å². The van der Waals surface area contributed by atoms with E-state index in [1.54, 1.807) is 6.20 Å². The summed E-state index contributed by atoms with van der Waals surface area (Å²) in [4.78, 5) is 4.50. The van der Waals surface area contributed by atoms with Gasteiger partial charge in [0, 0.05) is 25.0 Å². The van der Waals surface area contributed by atoms with E-state index in [1.807, 2.05) is 34.7 Å². The summed E-state index contributed by atoms with van der Waals surface area (Å²) in [5.74, 6) is 0. The fourth-order valence-corrected chi connectivity index (χ4v) is 2.48. The summed E-state index contributed by atoms with van der Waals surface area (Å²) in [6, 6.07) is 12.5. The van der Waals surface area contributed by atoms with Crippen LogP contribution in [-0.2, 0) is 7.05 Å². The van der Waals surface area contributed by atoms with Crippen LogP contribution in [0, 0.1) is 0 Å². The Kier molecular flexibility index (Phi) is 2.00. The summed E-state index contributed by atoms with van der Waals surface area (Å²) >= 11 is 0. The Morgan fingerprint density at radius 3 is 3.00 bits per heavy atom. The summed E-state index contributed by atoms with van der Waals surface area (Å²) in [5, 5.41) is 4.22. The van der Waals surface area contributed by atoms with Crippen LogP contribution in [0.5, 0.6) is 0 Å². The third-order valence-corrected chi connectivity index (χ3v) is 3.47. The van der Waals surface area contributed by atoms with E-state index in [-0.39, 0.29) is 0 Å². The van der Waals surface area contributed by atoms with E-state index in [1.165, 1.54) is 0 Å². The van der Waals surface area contributed by atoms with Crippen LogP contribution >= 0.6 is 0 Å². The summed E-state index contributed by atoms with van der Waals surface area (Å²) in [6.07, 6.45) is 5.64. The highest BCUT2D eigenvalue weighted by Gasteiger charge is 2.08. The van der Waals surface area contributed by atoms with Crippen molar-refractivity contribution < 1.29 is 0 Å². The van der Waals surface area contributed by atoms with Crippen LogP contribution in [0.4, 0.5) is 0 Å².